The van der Waals surface area contributed by atoms with Crippen LogP contribution >= 0.6 is 0 Å². The van der Waals surface area contributed by atoms with Crippen LogP contribution in [0.1, 0.15) is 91.9 Å². The molecule has 0 aromatic carbocycles. The minimum atomic E-state index is -0.711. The fourth-order valence-electron chi connectivity index (χ4n) is 1.08. The van der Waals surface area contributed by atoms with E-state index in [1.165, 1.54) is 0 Å². The first-order chi connectivity index (χ1) is 12.1. The van der Waals surface area contributed by atoms with Gasteiger partial charge in [0.05, 0.1) is 0 Å². The highest BCUT2D eigenvalue weighted by atomic mass is 16.4. The van der Waals surface area contributed by atoms with E-state index in [4.69, 9.17) is 20.4 Å². The first-order valence-corrected chi connectivity index (χ1v) is 8.95. The van der Waals surface area contributed by atoms with Crippen molar-refractivity contribution < 1.29 is 39.6 Å². The fourth-order valence-corrected chi connectivity index (χ4v) is 1.08. The predicted molar refractivity (Wildman–Crippen MR) is 99.4 cm³/mol. The summed E-state index contributed by atoms with van der Waals surface area (Å²) in [5, 5.41) is 31.9. The third kappa shape index (κ3) is 67.6. The number of unbranched alkanes of at least 4 members (excludes halogenated alkanes) is 2. The standard InChI is InChI=1S/2C5H10O2.2C4H8O2/c2*1-2-3-4-5(6)7;2*1-2-3-4(5)6/h2*2-4H2,1H3,(H,6,7);2*2-3H2,1H3,(H,5,6). The first-order valence-electron chi connectivity index (χ1n) is 8.95. The molecule has 156 valence electrons. The number of aliphatic carboxylic acids is 4. The smallest absolute Gasteiger partial charge is 0.303 e. The zero-order chi connectivity index (χ0) is 21.4. The Hall–Kier alpha value is -2.12. The Bertz CT molecular complexity index is 319. The van der Waals surface area contributed by atoms with Crippen LogP contribution in [0.15, 0.2) is 0 Å². The van der Waals surface area contributed by atoms with Crippen molar-refractivity contribution >= 4 is 23.9 Å². The van der Waals surface area contributed by atoms with Gasteiger partial charge in [0, 0.05) is 25.7 Å². The van der Waals surface area contributed by atoms with Crippen LogP contribution in [-0.2, 0) is 19.2 Å². The second-order valence-corrected chi connectivity index (χ2v) is 5.28. The molecule has 0 heterocycles. The van der Waals surface area contributed by atoms with Gasteiger partial charge in [-0.25, -0.2) is 0 Å². The van der Waals surface area contributed by atoms with Gasteiger partial charge in [0.15, 0.2) is 0 Å². The maximum Gasteiger partial charge on any atom is 0.303 e. The first kappa shape index (κ1) is 31.6. The Labute approximate surface area is 156 Å². The summed E-state index contributed by atoms with van der Waals surface area (Å²) in [6, 6.07) is 0. The average Bonchev–Trinajstić information content (AvgIpc) is 2.52. The third-order valence-corrected chi connectivity index (χ3v) is 2.42. The molecule has 8 heteroatoms. The minimum absolute atomic E-state index is 0.292. The molecule has 0 rings (SSSR count). The molecule has 0 fully saturated rings. The van der Waals surface area contributed by atoms with E-state index in [1.54, 1.807) is 0 Å². The summed E-state index contributed by atoms with van der Waals surface area (Å²) in [6.45, 7) is 7.63. The largest absolute Gasteiger partial charge is 0.481 e. The van der Waals surface area contributed by atoms with Gasteiger partial charge in [-0.3, -0.25) is 19.2 Å². The molecular formula is C18H36O8. The van der Waals surface area contributed by atoms with Crippen molar-refractivity contribution in [2.45, 2.75) is 91.9 Å². The van der Waals surface area contributed by atoms with E-state index in [2.05, 4.69) is 0 Å². The van der Waals surface area contributed by atoms with Gasteiger partial charge in [0.25, 0.3) is 0 Å². The molecule has 0 aliphatic rings. The number of rotatable bonds is 10. The van der Waals surface area contributed by atoms with E-state index in [9.17, 15) is 19.2 Å². The van der Waals surface area contributed by atoms with Gasteiger partial charge in [-0.05, 0) is 25.7 Å². The van der Waals surface area contributed by atoms with E-state index in [-0.39, 0.29) is 0 Å². The van der Waals surface area contributed by atoms with Crippen molar-refractivity contribution in [2.24, 2.45) is 0 Å². The summed E-state index contributed by atoms with van der Waals surface area (Å²) in [5.74, 6) is -2.81. The summed E-state index contributed by atoms with van der Waals surface area (Å²) in [6.07, 6.45) is 6.21. The molecule has 8 nitrogen and oxygen atoms in total. The molecule has 0 amide bonds. The summed E-state index contributed by atoms with van der Waals surface area (Å²) >= 11 is 0. The van der Waals surface area contributed by atoms with Crippen molar-refractivity contribution in [1.82, 2.24) is 0 Å². The molecule has 0 aliphatic heterocycles. The van der Waals surface area contributed by atoms with E-state index >= 15 is 0 Å². The van der Waals surface area contributed by atoms with Crippen molar-refractivity contribution in [3.63, 3.8) is 0 Å². The predicted octanol–water partition coefficient (Wildman–Crippen LogP) is 4.26. The molecule has 0 aliphatic carbocycles. The molecular weight excluding hydrogens is 344 g/mol. The highest BCUT2D eigenvalue weighted by molar-refractivity contribution is 5.67. The van der Waals surface area contributed by atoms with Crippen molar-refractivity contribution in [3.8, 4) is 0 Å². The lowest BCUT2D eigenvalue weighted by molar-refractivity contribution is -0.138. The van der Waals surface area contributed by atoms with Crippen LogP contribution in [-0.4, -0.2) is 44.3 Å². The van der Waals surface area contributed by atoms with Crippen molar-refractivity contribution in [3.05, 3.63) is 0 Å². The lowest BCUT2D eigenvalue weighted by Crippen LogP contribution is -1.91. The SMILES string of the molecule is CCCC(=O)O.CCCC(=O)O.CCCCC(=O)O.CCCCC(=O)O. The van der Waals surface area contributed by atoms with Gasteiger partial charge in [-0.2, -0.15) is 0 Å². The number of hydrogen-bond donors (Lipinski definition) is 4. The van der Waals surface area contributed by atoms with Gasteiger partial charge in [-0.1, -0.05) is 40.5 Å². The Morgan fingerprint density at radius 2 is 0.692 bits per heavy atom. The van der Waals surface area contributed by atoms with Crippen LogP contribution in [0.5, 0.6) is 0 Å². The quantitative estimate of drug-likeness (QED) is 0.439. The molecule has 0 radical (unpaired) electrons. The molecule has 0 aromatic rings. The summed E-state index contributed by atoms with van der Waals surface area (Å²) in [4.78, 5) is 38.7. The maximum absolute atomic E-state index is 9.76. The number of carbonyl (C=O) groups is 4. The highest BCUT2D eigenvalue weighted by Crippen LogP contribution is 1.91. The van der Waals surface area contributed by atoms with Gasteiger partial charge < -0.3 is 20.4 Å². The lowest BCUT2D eigenvalue weighted by Gasteiger charge is -1.85. The summed E-state index contributed by atoms with van der Waals surface area (Å²) in [7, 11) is 0. The number of carboxylic acid groups (broad SMARTS) is 4. The Balaban J connectivity index is -0.000000124. The van der Waals surface area contributed by atoms with Gasteiger partial charge in [-0.15, -0.1) is 0 Å². The highest BCUT2D eigenvalue weighted by Gasteiger charge is 1.91. The van der Waals surface area contributed by atoms with Crippen LogP contribution in [0.3, 0.4) is 0 Å². The van der Waals surface area contributed by atoms with Crippen molar-refractivity contribution in [1.29, 1.82) is 0 Å². The molecule has 0 saturated carbocycles. The monoisotopic (exact) mass is 380 g/mol. The summed E-state index contributed by atoms with van der Waals surface area (Å²) in [5.41, 5.74) is 0. The second-order valence-electron chi connectivity index (χ2n) is 5.28. The van der Waals surface area contributed by atoms with Crippen LogP contribution in [0, 0.1) is 0 Å². The molecule has 0 bridgehead atoms. The lowest BCUT2D eigenvalue weighted by atomic mass is 10.3. The molecule has 26 heavy (non-hydrogen) atoms. The van der Waals surface area contributed by atoms with Gasteiger partial charge >= 0.3 is 23.9 Å². The average molecular weight is 380 g/mol. The van der Waals surface area contributed by atoms with Gasteiger partial charge in [0.2, 0.25) is 0 Å². The number of hydrogen-bond acceptors (Lipinski definition) is 4. The third-order valence-electron chi connectivity index (χ3n) is 2.42. The van der Waals surface area contributed by atoms with Gasteiger partial charge in [0.1, 0.15) is 0 Å². The van der Waals surface area contributed by atoms with E-state index in [0.717, 1.165) is 38.5 Å². The molecule has 4 N–H and O–H groups in total. The molecule has 0 atom stereocenters. The molecule has 0 saturated heterocycles. The van der Waals surface area contributed by atoms with E-state index in [0.29, 0.717) is 25.7 Å². The van der Waals surface area contributed by atoms with Crippen LogP contribution < -0.4 is 0 Å². The minimum Gasteiger partial charge on any atom is -0.481 e. The zero-order valence-electron chi connectivity index (χ0n) is 16.5. The Kier molecular flexibility index (Phi) is 33.7. The molecule has 0 aromatic heterocycles. The fraction of sp³-hybridized carbons (Fsp3) is 0.778. The van der Waals surface area contributed by atoms with E-state index < -0.39 is 23.9 Å². The second kappa shape index (κ2) is 27.7. The number of carboxylic acids is 4. The molecule has 0 spiro atoms. The van der Waals surface area contributed by atoms with Crippen LogP contribution in [0.2, 0.25) is 0 Å². The van der Waals surface area contributed by atoms with Crippen LogP contribution in [0.4, 0.5) is 0 Å². The molecule has 0 unspecified atom stereocenters. The Morgan fingerprint density at radius 1 is 0.462 bits per heavy atom. The zero-order valence-corrected chi connectivity index (χ0v) is 16.5. The topological polar surface area (TPSA) is 149 Å². The maximum atomic E-state index is 9.76. The summed E-state index contributed by atoms with van der Waals surface area (Å²) < 4.78 is 0. The Morgan fingerprint density at radius 3 is 0.731 bits per heavy atom. The van der Waals surface area contributed by atoms with Crippen molar-refractivity contribution in [2.75, 3.05) is 0 Å². The van der Waals surface area contributed by atoms with E-state index in [1.807, 2.05) is 27.7 Å². The van der Waals surface area contributed by atoms with Crippen LogP contribution in [0.25, 0.3) is 0 Å². The normalized spacial score (nSPS) is 8.46.